The summed E-state index contributed by atoms with van der Waals surface area (Å²) in [6, 6.07) is 19.7. The van der Waals surface area contributed by atoms with Crippen LogP contribution < -0.4 is 14.8 Å². The molecule has 30 heavy (non-hydrogen) atoms. The third kappa shape index (κ3) is 4.71. The molecule has 5 rings (SSSR count). The number of nitrogens with one attached hydrogen (secondary N) is 1. The first kappa shape index (κ1) is 19.7. The zero-order valence-corrected chi connectivity index (χ0v) is 18.1. The number of ether oxygens (including phenoxy) is 2. The van der Waals surface area contributed by atoms with Gasteiger partial charge in [0.1, 0.15) is 17.6 Å². The lowest BCUT2D eigenvalue weighted by atomic mass is 9.92. The number of aryl methyl sites for hydroxylation is 1. The van der Waals surface area contributed by atoms with E-state index in [-0.39, 0.29) is 6.10 Å². The van der Waals surface area contributed by atoms with Crippen molar-refractivity contribution in [3.8, 4) is 11.5 Å². The summed E-state index contributed by atoms with van der Waals surface area (Å²) in [5.74, 6) is 1.99. The van der Waals surface area contributed by atoms with Gasteiger partial charge in [0.25, 0.3) is 0 Å². The van der Waals surface area contributed by atoms with Crippen LogP contribution in [0.25, 0.3) is 0 Å². The van der Waals surface area contributed by atoms with Crippen molar-refractivity contribution in [3.63, 3.8) is 0 Å². The van der Waals surface area contributed by atoms with Crippen LogP contribution in [-0.2, 0) is 13.0 Å². The molecule has 1 aliphatic heterocycles. The summed E-state index contributed by atoms with van der Waals surface area (Å²) in [6.07, 6.45) is 7.12. The quantitative estimate of drug-likeness (QED) is 0.509. The molecule has 0 spiro atoms. The van der Waals surface area contributed by atoms with Crippen molar-refractivity contribution < 1.29 is 9.47 Å². The van der Waals surface area contributed by atoms with Gasteiger partial charge in [0.15, 0.2) is 0 Å². The predicted octanol–water partition coefficient (Wildman–Crippen LogP) is 6.29. The monoisotopic (exact) mass is 419 g/mol. The van der Waals surface area contributed by atoms with Crippen LogP contribution in [0, 0.1) is 0 Å². The molecule has 2 aromatic carbocycles. The van der Waals surface area contributed by atoms with Crippen LogP contribution in [0.5, 0.6) is 11.5 Å². The molecule has 4 heteroatoms. The summed E-state index contributed by atoms with van der Waals surface area (Å²) in [6.45, 7) is 0.981. The van der Waals surface area contributed by atoms with Gasteiger partial charge in [-0.15, -0.1) is 0 Å². The van der Waals surface area contributed by atoms with E-state index in [4.69, 9.17) is 9.47 Å². The summed E-state index contributed by atoms with van der Waals surface area (Å²) >= 11 is 1.77. The van der Waals surface area contributed by atoms with E-state index in [9.17, 15) is 0 Å². The molecule has 2 heterocycles. The number of rotatable bonds is 6. The lowest BCUT2D eigenvalue weighted by molar-refractivity contribution is 0.138. The highest BCUT2D eigenvalue weighted by atomic mass is 32.1. The van der Waals surface area contributed by atoms with Gasteiger partial charge in [0.2, 0.25) is 0 Å². The summed E-state index contributed by atoms with van der Waals surface area (Å²) in [4.78, 5) is 0. The second-order valence-electron chi connectivity index (χ2n) is 8.43. The molecule has 1 saturated carbocycles. The molecule has 0 bridgehead atoms. The molecule has 1 aromatic heterocycles. The Kier molecular flexibility index (Phi) is 6.05. The van der Waals surface area contributed by atoms with Gasteiger partial charge < -0.3 is 14.8 Å². The zero-order valence-electron chi connectivity index (χ0n) is 17.3. The van der Waals surface area contributed by atoms with E-state index in [0.717, 1.165) is 43.7 Å². The fourth-order valence-corrected chi connectivity index (χ4v) is 5.24. The van der Waals surface area contributed by atoms with Crippen molar-refractivity contribution in [2.75, 3.05) is 0 Å². The Hall–Kier alpha value is -2.30. The minimum Gasteiger partial charge on any atom is -0.490 e. The highest BCUT2D eigenvalue weighted by Crippen LogP contribution is 2.37. The third-order valence-electron chi connectivity index (χ3n) is 6.30. The first-order valence-electron chi connectivity index (χ1n) is 11.1. The van der Waals surface area contributed by atoms with Crippen molar-refractivity contribution in [2.45, 2.75) is 63.3 Å². The van der Waals surface area contributed by atoms with E-state index in [0.29, 0.717) is 12.1 Å². The number of fused-ring (bicyclic) bond motifs is 1. The second kappa shape index (κ2) is 9.23. The van der Waals surface area contributed by atoms with E-state index in [1.807, 2.05) is 0 Å². The molecule has 0 radical (unpaired) electrons. The van der Waals surface area contributed by atoms with Crippen LogP contribution in [0.2, 0.25) is 0 Å². The van der Waals surface area contributed by atoms with Gasteiger partial charge in [-0.05, 0) is 90.2 Å². The van der Waals surface area contributed by atoms with Gasteiger partial charge in [-0.25, -0.2) is 0 Å². The standard InChI is InChI=1S/C26H29NO2S/c1-2-4-20(5-3-1)25-12-6-21-16-24(11-13-26(21)29-25)28-23-9-7-22(8-10-23)27-17-19-14-15-30-18-19/h1-5,11,13-16,18,22-23,25,27H,6-10,12,17H2/t22-,23-,25?. The maximum absolute atomic E-state index is 6.35. The van der Waals surface area contributed by atoms with Crippen LogP contribution in [0.1, 0.15) is 54.9 Å². The van der Waals surface area contributed by atoms with Crippen LogP contribution in [0.15, 0.2) is 65.4 Å². The molecule has 1 fully saturated rings. The minimum atomic E-state index is 0.155. The SMILES string of the molecule is c1ccc(C2CCc3cc(O[C@H]4CC[C@H](NCc5ccsc5)CC4)ccc3O2)cc1. The van der Waals surface area contributed by atoms with Crippen molar-refractivity contribution in [3.05, 3.63) is 82.0 Å². The van der Waals surface area contributed by atoms with Crippen molar-refractivity contribution >= 4 is 11.3 Å². The van der Waals surface area contributed by atoms with Gasteiger partial charge in [-0.2, -0.15) is 11.3 Å². The predicted molar refractivity (Wildman–Crippen MR) is 122 cm³/mol. The third-order valence-corrected chi connectivity index (χ3v) is 7.03. The highest BCUT2D eigenvalue weighted by molar-refractivity contribution is 7.07. The Balaban J connectivity index is 1.13. The van der Waals surface area contributed by atoms with Crippen LogP contribution in [0.4, 0.5) is 0 Å². The Bertz CT molecular complexity index is 933. The molecule has 3 aromatic rings. The maximum Gasteiger partial charge on any atom is 0.124 e. The molecule has 1 atom stereocenters. The Morgan fingerprint density at radius 1 is 0.967 bits per heavy atom. The molecule has 0 saturated heterocycles. The molecule has 2 aliphatic rings. The number of thiophene rings is 1. The number of hydrogen-bond donors (Lipinski definition) is 1. The van der Waals surface area contributed by atoms with E-state index in [1.165, 1.54) is 29.5 Å². The van der Waals surface area contributed by atoms with E-state index in [2.05, 4.69) is 70.7 Å². The zero-order chi connectivity index (χ0) is 20.2. The van der Waals surface area contributed by atoms with E-state index >= 15 is 0 Å². The Morgan fingerprint density at radius 3 is 2.63 bits per heavy atom. The Morgan fingerprint density at radius 2 is 1.83 bits per heavy atom. The Labute approximate surface area is 183 Å². The van der Waals surface area contributed by atoms with E-state index in [1.54, 1.807) is 11.3 Å². The average Bonchev–Trinajstić information content (AvgIpc) is 3.33. The molecule has 1 unspecified atom stereocenters. The largest absolute Gasteiger partial charge is 0.490 e. The first-order chi connectivity index (χ1) is 14.8. The molecule has 0 amide bonds. The molecule has 3 nitrogen and oxygen atoms in total. The average molecular weight is 420 g/mol. The summed E-state index contributed by atoms with van der Waals surface area (Å²) in [7, 11) is 0. The minimum absolute atomic E-state index is 0.155. The van der Waals surface area contributed by atoms with Crippen molar-refractivity contribution in [1.82, 2.24) is 5.32 Å². The van der Waals surface area contributed by atoms with Gasteiger partial charge in [0, 0.05) is 12.6 Å². The second-order valence-corrected chi connectivity index (χ2v) is 9.21. The van der Waals surface area contributed by atoms with Crippen LogP contribution in [0.3, 0.4) is 0 Å². The lowest BCUT2D eigenvalue weighted by Gasteiger charge is -2.30. The molecule has 156 valence electrons. The molecule has 1 N–H and O–H groups in total. The summed E-state index contributed by atoms with van der Waals surface area (Å²) < 4.78 is 12.6. The molecule has 1 aliphatic carbocycles. The topological polar surface area (TPSA) is 30.5 Å². The van der Waals surface area contributed by atoms with Gasteiger partial charge in [-0.3, -0.25) is 0 Å². The highest BCUT2D eigenvalue weighted by Gasteiger charge is 2.24. The van der Waals surface area contributed by atoms with Gasteiger partial charge in [-0.1, -0.05) is 30.3 Å². The fourth-order valence-electron chi connectivity index (χ4n) is 4.57. The number of hydrogen-bond acceptors (Lipinski definition) is 4. The van der Waals surface area contributed by atoms with Crippen molar-refractivity contribution in [2.24, 2.45) is 0 Å². The van der Waals surface area contributed by atoms with Crippen LogP contribution in [-0.4, -0.2) is 12.1 Å². The smallest absolute Gasteiger partial charge is 0.124 e. The first-order valence-corrected chi connectivity index (χ1v) is 12.0. The summed E-state index contributed by atoms with van der Waals surface area (Å²) in [5, 5.41) is 8.07. The van der Waals surface area contributed by atoms with Gasteiger partial charge in [0.05, 0.1) is 6.10 Å². The lowest BCUT2D eigenvalue weighted by Crippen LogP contribution is -2.35. The van der Waals surface area contributed by atoms with Gasteiger partial charge >= 0.3 is 0 Å². The molecular weight excluding hydrogens is 390 g/mol. The maximum atomic E-state index is 6.35. The van der Waals surface area contributed by atoms with Crippen LogP contribution >= 0.6 is 11.3 Å². The molecular formula is C26H29NO2S. The van der Waals surface area contributed by atoms with Crippen molar-refractivity contribution in [1.29, 1.82) is 0 Å². The summed E-state index contributed by atoms with van der Waals surface area (Å²) in [5.41, 5.74) is 3.92. The fraction of sp³-hybridized carbons (Fsp3) is 0.385. The van der Waals surface area contributed by atoms with E-state index < -0.39 is 0 Å². The number of benzene rings is 2. The normalized spacial score (nSPS) is 23.4.